The Labute approximate surface area is 131 Å². The van der Waals surface area contributed by atoms with Crippen molar-refractivity contribution in [3.63, 3.8) is 0 Å². The fraction of sp³-hybridized carbons (Fsp3) is 0.188. The topological polar surface area (TPSA) is 31.2 Å². The van der Waals surface area contributed by atoms with Gasteiger partial charge in [0.1, 0.15) is 5.69 Å². The van der Waals surface area contributed by atoms with Gasteiger partial charge in [0.05, 0.1) is 17.3 Å². The second-order valence-electron chi connectivity index (χ2n) is 4.81. The highest BCUT2D eigenvalue weighted by Gasteiger charge is 2.18. The summed E-state index contributed by atoms with van der Waals surface area (Å²) in [6.45, 7) is 2.60. The molecule has 2 aromatic heterocycles. The van der Waals surface area contributed by atoms with Gasteiger partial charge < -0.3 is 9.30 Å². The van der Waals surface area contributed by atoms with E-state index in [4.69, 9.17) is 16.3 Å². The van der Waals surface area contributed by atoms with Crippen LogP contribution in [0.15, 0.2) is 36.4 Å². The van der Waals surface area contributed by atoms with Gasteiger partial charge in [0.25, 0.3) is 0 Å². The number of esters is 1. The number of aromatic nitrogens is 1. The number of thiophene rings is 1. The molecular formula is C16H14ClNO2S. The van der Waals surface area contributed by atoms with E-state index in [0.29, 0.717) is 17.3 Å². The zero-order valence-electron chi connectivity index (χ0n) is 11.7. The first kappa shape index (κ1) is 14.2. The first-order chi connectivity index (χ1) is 10.1. The lowest BCUT2D eigenvalue weighted by atomic mass is 10.2. The van der Waals surface area contributed by atoms with Crippen molar-refractivity contribution in [2.75, 3.05) is 7.11 Å². The molecule has 0 amide bonds. The molecule has 3 rings (SSSR count). The van der Waals surface area contributed by atoms with Crippen molar-refractivity contribution in [2.24, 2.45) is 0 Å². The van der Waals surface area contributed by atoms with Crippen molar-refractivity contribution in [3.8, 4) is 0 Å². The summed E-state index contributed by atoms with van der Waals surface area (Å²) in [5.74, 6) is -0.330. The van der Waals surface area contributed by atoms with Gasteiger partial charge in [0.15, 0.2) is 0 Å². The van der Waals surface area contributed by atoms with Gasteiger partial charge in [-0.25, -0.2) is 4.79 Å². The highest BCUT2D eigenvalue weighted by atomic mass is 35.5. The fourth-order valence-electron chi connectivity index (χ4n) is 2.41. The monoisotopic (exact) mass is 319 g/mol. The summed E-state index contributed by atoms with van der Waals surface area (Å²) in [5.41, 5.74) is 2.57. The number of carbonyl (C=O) groups is 1. The summed E-state index contributed by atoms with van der Waals surface area (Å²) in [4.78, 5) is 13.2. The number of hydrogen-bond donors (Lipinski definition) is 0. The Hall–Kier alpha value is -1.78. The van der Waals surface area contributed by atoms with Gasteiger partial charge in [-0.05, 0) is 30.7 Å². The van der Waals surface area contributed by atoms with Crippen molar-refractivity contribution in [3.05, 3.63) is 57.6 Å². The van der Waals surface area contributed by atoms with Crippen LogP contribution in [-0.4, -0.2) is 17.6 Å². The molecule has 0 bridgehead atoms. The van der Waals surface area contributed by atoms with Crippen LogP contribution < -0.4 is 0 Å². The zero-order chi connectivity index (χ0) is 15.0. The third kappa shape index (κ3) is 2.57. The Morgan fingerprint density at radius 2 is 2.10 bits per heavy atom. The maximum Gasteiger partial charge on any atom is 0.354 e. The number of carbonyl (C=O) groups excluding carboxylic acids is 1. The number of halogens is 1. The Balaban J connectivity index is 2.14. The first-order valence-corrected chi connectivity index (χ1v) is 7.71. The van der Waals surface area contributed by atoms with Crippen LogP contribution in [0.2, 0.25) is 5.02 Å². The predicted molar refractivity (Wildman–Crippen MR) is 86.4 cm³/mol. The highest BCUT2D eigenvalue weighted by Crippen LogP contribution is 2.30. The number of hydrogen-bond acceptors (Lipinski definition) is 3. The second kappa shape index (κ2) is 5.54. The maximum atomic E-state index is 12.0. The van der Waals surface area contributed by atoms with E-state index in [0.717, 1.165) is 15.8 Å². The number of rotatable bonds is 3. The Morgan fingerprint density at radius 1 is 1.33 bits per heavy atom. The summed E-state index contributed by atoms with van der Waals surface area (Å²) < 4.78 is 7.93. The molecule has 3 nitrogen and oxygen atoms in total. The van der Waals surface area contributed by atoms with Gasteiger partial charge in [-0.3, -0.25) is 0 Å². The van der Waals surface area contributed by atoms with Crippen LogP contribution in [0.4, 0.5) is 0 Å². The molecule has 0 atom stereocenters. The van der Waals surface area contributed by atoms with E-state index in [-0.39, 0.29) is 5.97 Å². The number of aryl methyl sites for hydroxylation is 1. The molecule has 0 N–H and O–H groups in total. The highest BCUT2D eigenvalue weighted by molar-refractivity contribution is 7.19. The summed E-state index contributed by atoms with van der Waals surface area (Å²) in [6.07, 6.45) is 0. The first-order valence-electron chi connectivity index (χ1n) is 6.51. The van der Waals surface area contributed by atoms with E-state index >= 15 is 0 Å². The number of ether oxygens (including phenoxy) is 1. The van der Waals surface area contributed by atoms with Gasteiger partial charge in [-0.15, -0.1) is 11.3 Å². The molecule has 0 aliphatic carbocycles. The number of methoxy groups -OCH3 is 1. The third-order valence-corrected chi connectivity index (χ3v) is 4.75. The minimum Gasteiger partial charge on any atom is -0.464 e. The van der Waals surface area contributed by atoms with Crippen LogP contribution in [0.25, 0.3) is 10.2 Å². The minimum atomic E-state index is -0.330. The van der Waals surface area contributed by atoms with Gasteiger partial charge in [0.2, 0.25) is 0 Å². The molecule has 0 fully saturated rings. The van der Waals surface area contributed by atoms with Crippen LogP contribution in [0, 0.1) is 6.92 Å². The molecule has 0 saturated heterocycles. The Morgan fingerprint density at radius 3 is 2.81 bits per heavy atom. The molecule has 0 aliphatic heterocycles. The number of benzene rings is 1. The van der Waals surface area contributed by atoms with E-state index < -0.39 is 0 Å². The SMILES string of the molecule is COC(=O)c1cc2sc(C)cc2n1Cc1ccccc1Cl. The van der Waals surface area contributed by atoms with Gasteiger partial charge in [0, 0.05) is 16.4 Å². The lowest BCUT2D eigenvalue weighted by Gasteiger charge is -2.10. The van der Waals surface area contributed by atoms with Crippen LogP contribution in [0.1, 0.15) is 20.9 Å². The minimum absolute atomic E-state index is 0.330. The van der Waals surface area contributed by atoms with E-state index in [1.54, 1.807) is 11.3 Å². The van der Waals surface area contributed by atoms with E-state index in [1.807, 2.05) is 34.9 Å². The standard InChI is InChI=1S/C16H14ClNO2S/c1-10-7-13-15(21-10)8-14(16(19)20-2)18(13)9-11-5-3-4-6-12(11)17/h3-8H,9H2,1-2H3. The molecule has 1 aromatic carbocycles. The summed E-state index contributed by atoms with van der Waals surface area (Å²) in [6, 6.07) is 11.6. The molecule has 3 aromatic rings. The van der Waals surface area contributed by atoms with E-state index in [1.165, 1.54) is 12.0 Å². The zero-order valence-corrected chi connectivity index (χ0v) is 13.3. The normalized spacial score (nSPS) is 11.0. The summed E-state index contributed by atoms with van der Waals surface area (Å²) in [5, 5.41) is 0.696. The molecule has 0 radical (unpaired) electrons. The lowest BCUT2D eigenvalue weighted by Crippen LogP contribution is -2.11. The summed E-state index contributed by atoms with van der Waals surface area (Å²) >= 11 is 7.90. The quantitative estimate of drug-likeness (QED) is 0.666. The number of nitrogens with zero attached hydrogens (tertiary/aromatic N) is 1. The molecule has 0 spiro atoms. The Bertz CT molecular complexity index is 819. The van der Waals surface area contributed by atoms with Crippen molar-refractivity contribution in [2.45, 2.75) is 13.5 Å². The van der Waals surface area contributed by atoms with Crippen molar-refractivity contribution < 1.29 is 9.53 Å². The molecule has 2 heterocycles. The molecule has 0 saturated carbocycles. The number of fused-ring (bicyclic) bond motifs is 1. The summed E-state index contributed by atoms with van der Waals surface area (Å²) in [7, 11) is 1.40. The largest absolute Gasteiger partial charge is 0.464 e. The molecular weight excluding hydrogens is 306 g/mol. The van der Waals surface area contributed by atoms with Crippen LogP contribution in [0.5, 0.6) is 0 Å². The average Bonchev–Trinajstić information content (AvgIpc) is 2.98. The van der Waals surface area contributed by atoms with Crippen molar-refractivity contribution in [1.82, 2.24) is 4.57 Å². The fourth-order valence-corrected chi connectivity index (χ4v) is 3.56. The smallest absolute Gasteiger partial charge is 0.354 e. The van der Waals surface area contributed by atoms with Gasteiger partial charge in [-0.1, -0.05) is 29.8 Å². The third-order valence-electron chi connectivity index (χ3n) is 3.39. The van der Waals surface area contributed by atoms with E-state index in [9.17, 15) is 4.79 Å². The van der Waals surface area contributed by atoms with Gasteiger partial charge in [-0.2, -0.15) is 0 Å². The van der Waals surface area contributed by atoms with Crippen molar-refractivity contribution in [1.29, 1.82) is 0 Å². The predicted octanol–water partition coefficient (Wildman–Crippen LogP) is 4.50. The van der Waals surface area contributed by atoms with Gasteiger partial charge >= 0.3 is 5.97 Å². The maximum absolute atomic E-state index is 12.0. The van der Waals surface area contributed by atoms with E-state index in [2.05, 4.69) is 13.0 Å². The molecule has 21 heavy (non-hydrogen) atoms. The lowest BCUT2D eigenvalue weighted by molar-refractivity contribution is 0.0589. The molecule has 108 valence electrons. The second-order valence-corrected chi connectivity index (χ2v) is 6.50. The molecule has 5 heteroatoms. The molecule has 0 unspecified atom stereocenters. The van der Waals surface area contributed by atoms with Crippen LogP contribution in [0.3, 0.4) is 0 Å². The molecule has 0 aliphatic rings. The van der Waals surface area contributed by atoms with Crippen LogP contribution in [-0.2, 0) is 11.3 Å². The van der Waals surface area contributed by atoms with Crippen LogP contribution >= 0.6 is 22.9 Å². The van der Waals surface area contributed by atoms with Crippen molar-refractivity contribution >= 4 is 39.1 Å². The average molecular weight is 320 g/mol. The Kier molecular flexibility index (Phi) is 3.74.